The van der Waals surface area contributed by atoms with E-state index in [0.717, 1.165) is 6.42 Å². The zero-order chi connectivity index (χ0) is 11.3. The van der Waals surface area contributed by atoms with Gasteiger partial charge in [-0.3, -0.25) is 0 Å². The summed E-state index contributed by atoms with van der Waals surface area (Å²) in [7, 11) is -1.65. The Balaban J connectivity index is 2.70. The van der Waals surface area contributed by atoms with Crippen LogP contribution in [0.4, 0.5) is 0 Å². The molecule has 1 aromatic heterocycles. The standard InChI is InChI=1S/C10H15NO2S2/c1-3-4-5-8-11(2)15(12,13)10-7-6-9-14-10/h3-4,6-7,9H,5,8H2,1-2H3/b4-3-. The fourth-order valence-electron chi connectivity index (χ4n) is 1.11. The van der Waals surface area contributed by atoms with E-state index in [2.05, 4.69) is 0 Å². The van der Waals surface area contributed by atoms with Gasteiger partial charge in [-0.1, -0.05) is 18.2 Å². The summed E-state index contributed by atoms with van der Waals surface area (Å²) in [5.74, 6) is 0. The maximum Gasteiger partial charge on any atom is 0.252 e. The van der Waals surface area contributed by atoms with Crippen molar-refractivity contribution in [2.75, 3.05) is 13.6 Å². The Bertz CT molecular complexity index is 407. The molecule has 84 valence electrons. The number of nitrogens with zero attached hydrogens (tertiary/aromatic N) is 1. The maximum atomic E-state index is 11.9. The summed E-state index contributed by atoms with van der Waals surface area (Å²) in [5, 5.41) is 1.77. The van der Waals surface area contributed by atoms with E-state index >= 15 is 0 Å². The molecule has 0 spiro atoms. The summed E-state index contributed by atoms with van der Waals surface area (Å²) < 4.78 is 25.6. The molecule has 0 aliphatic rings. The van der Waals surface area contributed by atoms with Gasteiger partial charge in [0.25, 0.3) is 10.0 Å². The summed E-state index contributed by atoms with van der Waals surface area (Å²) in [6, 6.07) is 3.38. The lowest BCUT2D eigenvalue weighted by atomic mass is 10.4. The van der Waals surface area contributed by atoms with Crippen LogP contribution in [0.5, 0.6) is 0 Å². The van der Waals surface area contributed by atoms with Crippen molar-refractivity contribution in [3.8, 4) is 0 Å². The summed E-state index contributed by atoms with van der Waals surface area (Å²) >= 11 is 1.25. The molecule has 0 aliphatic carbocycles. The molecule has 3 nitrogen and oxygen atoms in total. The smallest absolute Gasteiger partial charge is 0.206 e. The van der Waals surface area contributed by atoms with Gasteiger partial charge < -0.3 is 0 Å². The van der Waals surface area contributed by atoms with Gasteiger partial charge in [-0.2, -0.15) is 4.31 Å². The largest absolute Gasteiger partial charge is 0.252 e. The Kier molecular flexibility index (Phi) is 4.50. The van der Waals surface area contributed by atoms with Gasteiger partial charge in [-0.25, -0.2) is 8.42 Å². The fraction of sp³-hybridized carbons (Fsp3) is 0.400. The Morgan fingerprint density at radius 2 is 2.27 bits per heavy atom. The summed E-state index contributed by atoms with van der Waals surface area (Å²) in [6.45, 7) is 2.44. The average molecular weight is 245 g/mol. The van der Waals surface area contributed by atoms with Gasteiger partial charge in [0, 0.05) is 13.6 Å². The maximum absolute atomic E-state index is 11.9. The van der Waals surface area contributed by atoms with E-state index in [4.69, 9.17) is 0 Å². The quantitative estimate of drug-likeness (QED) is 0.747. The highest BCUT2D eigenvalue weighted by molar-refractivity contribution is 7.91. The van der Waals surface area contributed by atoms with Crippen LogP contribution in [-0.4, -0.2) is 26.3 Å². The van der Waals surface area contributed by atoms with Crippen molar-refractivity contribution in [2.45, 2.75) is 17.6 Å². The van der Waals surface area contributed by atoms with Crippen molar-refractivity contribution in [2.24, 2.45) is 0 Å². The van der Waals surface area contributed by atoms with Crippen LogP contribution in [0.3, 0.4) is 0 Å². The Morgan fingerprint density at radius 3 is 2.80 bits per heavy atom. The number of allylic oxidation sites excluding steroid dienone is 1. The van der Waals surface area contributed by atoms with Gasteiger partial charge in [-0.05, 0) is 24.8 Å². The van der Waals surface area contributed by atoms with Gasteiger partial charge in [0.05, 0.1) is 0 Å². The van der Waals surface area contributed by atoms with Gasteiger partial charge in [0.2, 0.25) is 0 Å². The highest BCUT2D eigenvalue weighted by Gasteiger charge is 2.20. The Morgan fingerprint density at radius 1 is 1.53 bits per heavy atom. The zero-order valence-corrected chi connectivity index (χ0v) is 10.5. The van der Waals surface area contributed by atoms with Crippen LogP contribution in [0.1, 0.15) is 13.3 Å². The van der Waals surface area contributed by atoms with Crippen LogP contribution in [0, 0.1) is 0 Å². The van der Waals surface area contributed by atoms with Crippen LogP contribution in [0.25, 0.3) is 0 Å². The predicted octanol–water partition coefficient (Wildman–Crippen LogP) is 2.33. The minimum absolute atomic E-state index is 0.408. The molecular formula is C10H15NO2S2. The van der Waals surface area contributed by atoms with Crippen molar-refractivity contribution < 1.29 is 8.42 Å². The molecule has 0 radical (unpaired) electrons. The molecule has 1 heterocycles. The average Bonchev–Trinajstić information content (AvgIpc) is 2.71. The van der Waals surface area contributed by atoms with Crippen LogP contribution >= 0.6 is 11.3 Å². The van der Waals surface area contributed by atoms with Gasteiger partial charge in [0.1, 0.15) is 4.21 Å². The molecule has 1 aromatic rings. The lowest BCUT2D eigenvalue weighted by Crippen LogP contribution is -2.27. The highest BCUT2D eigenvalue weighted by atomic mass is 32.2. The molecule has 0 fully saturated rings. The topological polar surface area (TPSA) is 37.4 Å². The fourth-order valence-corrected chi connectivity index (χ4v) is 3.49. The number of hydrogen-bond donors (Lipinski definition) is 0. The third-order valence-corrected chi connectivity index (χ3v) is 5.24. The predicted molar refractivity (Wildman–Crippen MR) is 63.6 cm³/mol. The lowest BCUT2D eigenvalue weighted by Gasteiger charge is -2.14. The van der Waals surface area contributed by atoms with Gasteiger partial charge in [-0.15, -0.1) is 11.3 Å². The van der Waals surface area contributed by atoms with Gasteiger partial charge >= 0.3 is 0 Å². The number of hydrogen-bond acceptors (Lipinski definition) is 3. The first-order valence-electron chi connectivity index (χ1n) is 4.70. The zero-order valence-electron chi connectivity index (χ0n) is 8.88. The minimum Gasteiger partial charge on any atom is -0.206 e. The molecule has 0 N–H and O–H groups in total. The first-order chi connectivity index (χ1) is 7.09. The second-order valence-electron chi connectivity index (χ2n) is 3.12. The van der Waals surface area contributed by atoms with Crippen LogP contribution in [0.2, 0.25) is 0 Å². The Labute approximate surface area is 95.1 Å². The molecular weight excluding hydrogens is 230 g/mol. The molecule has 0 aromatic carbocycles. The highest BCUT2D eigenvalue weighted by Crippen LogP contribution is 2.19. The van der Waals surface area contributed by atoms with E-state index in [1.807, 2.05) is 19.1 Å². The van der Waals surface area contributed by atoms with Crippen molar-refractivity contribution in [1.29, 1.82) is 0 Å². The van der Waals surface area contributed by atoms with Crippen LogP contribution < -0.4 is 0 Å². The molecule has 5 heteroatoms. The normalized spacial score (nSPS) is 12.7. The molecule has 0 bridgehead atoms. The summed E-state index contributed by atoms with van der Waals surface area (Å²) in [6.07, 6.45) is 4.63. The lowest BCUT2D eigenvalue weighted by molar-refractivity contribution is 0.477. The van der Waals surface area contributed by atoms with Crippen LogP contribution in [0.15, 0.2) is 33.9 Å². The molecule has 0 unspecified atom stereocenters. The Hall–Kier alpha value is -0.650. The van der Waals surface area contributed by atoms with E-state index < -0.39 is 10.0 Å². The van der Waals surface area contributed by atoms with E-state index in [1.54, 1.807) is 24.6 Å². The third-order valence-electron chi connectivity index (χ3n) is 2.01. The second kappa shape index (κ2) is 5.44. The minimum atomic E-state index is -3.26. The molecule has 1 rings (SSSR count). The van der Waals surface area contributed by atoms with Gasteiger partial charge in [0.15, 0.2) is 0 Å². The molecule has 0 amide bonds. The number of rotatable bonds is 5. The molecule has 0 saturated carbocycles. The first kappa shape index (κ1) is 12.4. The summed E-state index contributed by atoms with van der Waals surface area (Å²) in [5.41, 5.74) is 0. The van der Waals surface area contributed by atoms with Crippen molar-refractivity contribution in [3.05, 3.63) is 29.7 Å². The van der Waals surface area contributed by atoms with E-state index in [-0.39, 0.29) is 0 Å². The van der Waals surface area contributed by atoms with Crippen molar-refractivity contribution >= 4 is 21.4 Å². The monoisotopic (exact) mass is 245 g/mol. The third kappa shape index (κ3) is 3.15. The SMILES string of the molecule is C/C=C\CCN(C)S(=O)(=O)c1cccs1. The molecule has 15 heavy (non-hydrogen) atoms. The molecule has 0 aliphatic heterocycles. The summed E-state index contributed by atoms with van der Waals surface area (Å²) in [4.78, 5) is 0. The van der Waals surface area contributed by atoms with E-state index in [9.17, 15) is 8.42 Å². The second-order valence-corrected chi connectivity index (χ2v) is 6.34. The van der Waals surface area contributed by atoms with Crippen molar-refractivity contribution in [1.82, 2.24) is 4.31 Å². The van der Waals surface area contributed by atoms with Crippen molar-refractivity contribution in [3.63, 3.8) is 0 Å². The first-order valence-corrected chi connectivity index (χ1v) is 7.02. The van der Waals surface area contributed by atoms with E-state index in [0.29, 0.717) is 10.8 Å². The molecule has 0 atom stereocenters. The molecule has 0 saturated heterocycles. The van der Waals surface area contributed by atoms with Crippen LogP contribution in [-0.2, 0) is 10.0 Å². The van der Waals surface area contributed by atoms with E-state index in [1.165, 1.54) is 15.6 Å². The number of thiophene rings is 1. The number of sulfonamides is 1.